The van der Waals surface area contributed by atoms with Crippen LogP contribution >= 0.6 is 0 Å². The van der Waals surface area contributed by atoms with Gasteiger partial charge in [0.25, 0.3) is 0 Å². The number of nitrogens with one attached hydrogen (secondary N) is 1. The Morgan fingerprint density at radius 2 is 1.42 bits per heavy atom. The van der Waals surface area contributed by atoms with Crippen LogP contribution in [0.15, 0.2) is 66.7 Å². The van der Waals surface area contributed by atoms with Gasteiger partial charge in [0.05, 0.1) is 0 Å². The van der Waals surface area contributed by atoms with Crippen LogP contribution in [0.5, 0.6) is 0 Å². The summed E-state index contributed by atoms with van der Waals surface area (Å²) >= 11 is 0. The van der Waals surface area contributed by atoms with Crippen molar-refractivity contribution in [3.8, 4) is 0 Å². The van der Waals surface area contributed by atoms with Crippen LogP contribution in [0.1, 0.15) is 11.3 Å². The molecule has 0 fully saturated rings. The maximum absolute atomic E-state index is 3.41. The molecule has 0 unspecified atom stereocenters. The largest absolute Gasteiger partial charge is 1.00 e. The van der Waals surface area contributed by atoms with Crippen LogP contribution in [-0.4, -0.2) is 0 Å². The first kappa shape index (κ1) is 13.3. The van der Waals surface area contributed by atoms with E-state index in [0.717, 1.165) is 11.2 Å². The molecule has 2 aromatic carbocycles. The van der Waals surface area contributed by atoms with E-state index in [-0.39, 0.29) is 12.4 Å². The minimum absolute atomic E-state index is 0. The average molecular weight is 268 g/mol. The van der Waals surface area contributed by atoms with Crippen molar-refractivity contribution in [3.05, 3.63) is 78.0 Å². The minimum Gasteiger partial charge on any atom is -1.00 e. The molecular weight excluding hydrogens is 254 g/mol. The number of halogens is 1. The van der Waals surface area contributed by atoms with Gasteiger partial charge >= 0.3 is 0 Å². The van der Waals surface area contributed by atoms with E-state index in [1.165, 1.54) is 10.9 Å². The highest BCUT2D eigenvalue weighted by atomic mass is 35.5. The quantitative estimate of drug-likeness (QED) is 0.653. The van der Waals surface area contributed by atoms with Crippen LogP contribution in [0.2, 0.25) is 0 Å². The number of para-hydroxylation sites is 1. The fraction of sp³-hybridized carbons (Fsp3) is 0. The summed E-state index contributed by atoms with van der Waals surface area (Å²) < 4.78 is 0. The van der Waals surface area contributed by atoms with Crippen LogP contribution < -0.4 is 17.4 Å². The lowest BCUT2D eigenvalue weighted by molar-refractivity contribution is -0.347. The van der Waals surface area contributed by atoms with E-state index in [0.29, 0.717) is 0 Å². The van der Waals surface area contributed by atoms with E-state index in [4.69, 9.17) is 0 Å². The Bertz CT molecular complexity index is 690. The van der Waals surface area contributed by atoms with Crippen molar-refractivity contribution in [2.75, 3.05) is 0 Å². The van der Waals surface area contributed by atoms with Crippen molar-refractivity contribution in [2.45, 2.75) is 0 Å². The highest BCUT2D eigenvalue weighted by molar-refractivity contribution is 5.76. The first-order valence-corrected chi connectivity index (χ1v) is 6.06. The van der Waals surface area contributed by atoms with Gasteiger partial charge in [0.2, 0.25) is 11.2 Å². The number of rotatable bonds is 2. The summed E-state index contributed by atoms with van der Waals surface area (Å²) in [5, 5.41) is 1.23. The molecule has 0 amide bonds. The third-order valence-electron chi connectivity index (χ3n) is 2.94. The van der Waals surface area contributed by atoms with Crippen molar-refractivity contribution in [1.82, 2.24) is 0 Å². The molecule has 1 aromatic heterocycles. The first-order valence-electron chi connectivity index (χ1n) is 6.06. The number of fused-ring (bicyclic) bond motifs is 1. The molecule has 0 saturated heterocycles. The van der Waals surface area contributed by atoms with Gasteiger partial charge in [-0.1, -0.05) is 42.5 Å². The third-order valence-corrected chi connectivity index (χ3v) is 2.94. The van der Waals surface area contributed by atoms with Gasteiger partial charge in [0.1, 0.15) is 0 Å². The second kappa shape index (κ2) is 6.17. The van der Waals surface area contributed by atoms with E-state index in [1.807, 2.05) is 24.3 Å². The van der Waals surface area contributed by atoms with E-state index >= 15 is 0 Å². The molecule has 0 aliphatic heterocycles. The molecule has 0 spiro atoms. The van der Waals surface area contributed by atoms with Gasteiger partial charge in [-0.15, -0.1) is 0 Å². The highest BCUT2D eigenvalue weighted by Crippen LogP contribution is 2.10. The normalized spacial score (nSPS) is 10.5. The summed E-state index contributed by atoms with van der Waals surface area (Å²) in [6.45, 7) is 0. The van der Waals surface area contributed by atoms with Gasteiger partial charge in [-0.3, -0.25) is 0 Å². The molecular formula is C17H14ClN. The predicted octanol–water partition coefficient (Wildman–Crippen LogP) is 0.828. The predicted molar refractivity (Wildman–Crippen MR) is 75.9 cm³/mol. The maximum Gasteiger partial charge on any atom is 0.211 e. The molecule has 3 rings (SSSR count). The average Bonchev–Trinajstić information content (AvgIpc) is 2.46. The Balaban J connectivity index is 0.00000133. The number of hydrogen-bond acceptors (Lipinski definition) is 0. The summed E-state index contributed by atoms with van der Waals surface area (Å²) in [4.78, 5) is 3.41. The summed E-state index contributed by atoms with van der Waals surface area (Å²) in [6.07, 6.45) is 4.21. The van der Waals surface area contributed by atoms with Crippen LogP contribution in [-0.2, 0) is 0 Å². The maximum atomic E-state index is 3.41. The Morgan fingerprint density at radius 1 is 0.684 bits per heavy atom. The summed E-state index contributed by atoms with van der Waals surface area (Å²) in [6, 6.07) is 22.8. The lowest BCUT2D eigenvalue weighted by atomic mass is 10.1. The Hall–Kier alpha value is -2.12. The zero-order valence-corrected chi connectivity index (χ0v) is 11.1. The Labute approximate surface area is 119 Å². The van der Waals surface area contributed by atoms with Crippen molar-refractivity contribution in [2.24, 2.45) is 0 Å². The Morgan fingerprint density at radius 3 is 2.26 bits per heavy atom. The van der Waals surface area contributed by atoms with Crippen molar-refractivity contribution >= 4 is 23.1 Å². The molecule has 0 aliphatic carbocycles. The molecule has 1 heterocycles. The standard InChI is InChI=1S/C17H13N.ClH/c1-2-6-14(7-3-1)10-12-16-13-11-15-8-4-5-9-17(15)18-16;/h1-13H;1H/b12-10+;. The van der Waals surface area contributed by atoms with Crippen LogP contribution in [0.4, 0.5) is 0 Å². The number of hydrogen-bond donors (Lipinski definition) is 0. The molecule has 3 aromatic rings. The fourth-order valence-electron chi connectivity index (χ4n) is 1.98. The lowest BCUT2D eigenvalue weighted by Crippen LogP contribution is -3.00. The first-order chi connectivity index (χ1) is 8.92. The summed E-state index contributed by atoms with van der Waals surface area (Å²) in [5.41, 5.74) is 3.48. The summed E-state index contributed by atoms with van der Waals surface area (Å²) in [5.74, 6) is 0. The van der Waals surface area contributed by atoms with E-state index in [2.05, 4.69) is 59.6 Å². The molecule has 1 nitrogen and oxygen atoms in total. The Kier molecular flexibility index (Phi) is 4.32. The van der Waals surface area contributed by atoms with Crippen LogP contribution in [0.3, 0.4) is 0 Å². The third kappa shape index (κ3) is 3.21. The number of benzene rings is 2. The number of aromatic amines is 1. The van der Waals surface area contributed by atoms with E-state index < -0.39 is 0 Å². The van der Waals surface area contributed by atoms with Gasteiger partial charge < -0.3 is 12.4 Å². The minimum atomic E-state index is 0. The zero-order valence-electron chi connectivity index (χ0n) is 10.4. The van der Waals surface area contributed by atoms with E-state index in [9.17, 15) is 0 Å². The topological polar surface area (TPSA) is 14.1 Å². The van der Waals surface area contributed by atoms with Gasteiger partial charge in [-0.25, -0.2) is 4.98 Å². The molecule has 2 heteroatoms. The molecule has 0 radical (unpaired) electrons. The van der Waals surface area contributed by atoms with Gasteiger partial charge in [-0.05, 0) is 23.8 Å². The molecule has 0 atom stereocenters. The molecule has 94 valence electrons. The number of aromatic nitrogens is 1. The van der Waals surface area contributed by atoms with Gasteiger partial charge in [0, 0.05) is 23.6 Å². The van der Waals surface area contributed by atoms with Gasteiger partial charge in [-0.2, -0.15) is 0 Å². The van der Waals surface area contributed by atoms with Crippen molar-refractivity contribution in [1.29, 1.82) is 0 Å². The summed E-state index contributed by atoms with van der Waals surface area (Å²) in [7, 11) is 0. The van der Waals surface area contributed by atoms with Crippen LogP contribution in [0.25, 0.3) is 23.1 Å². The number of pyridine rings is 1. The molecule has 19 heavy (non-hydrogen) atoms. The number of H-pyrrole nitrogens is 1. The second-order valence-corrected chi connectivity index (χ2v) is 4.24. The fourth-order valence-corrected chi connectivity index (χ4v) is 1.98. The van der Waals surface area contributed by atoms with Gasteiger partial charge in [0.15, 0.2) is 0 Å². The SMILES string of the molecule is C(=C\c1ccc2ccccc2[nH+]1)/c1ccccc1.[Cl-]. The highest BCUT2D eigenvalue weighted by Gasteiger charge is 2.00. The molecule has 0 aliphatic rings. The van der Waals surface area contributed by atoms with Crippen LogP contribution in [0, 0.1) is 0 Å². The second-order valence-electron chi connectivity index (χ2n) is 4.24. The van der Waals surface area contributed by atoms with E-state index in [1.54, 1.807) is 0 Å². The molecule has 1 N–H and O–H groups in total. The van der Waals surface area contributed by atoms with Crippen molar-refractivity contribution in [3.63, 3.8) is 0 Å². The van der Waals surface area contributed by atoms with Crippen molar-refractivity contribution < 1.29 is 17.4 Å². The molecule has 0 bridgehead atoms. The monoisotopic (exact) mass is 267 g/mol. The zero-order chi connectivity index (χ0) is 12.2. The lowest BCUT2D eigenvalue weighted by Gasteiger charge is -1.93. The smallest absolute Gasteiger partial charge is 0.211 e. The molecule has 0 saturated carbocycles.